The van der Waals surface area contributed by atoms with Gasteiger partial charge < -0.3 is 29.7 Å². The Morgan fingerprint density at radius 1 is 1.11 bits per heavy atom. The second-order valence-corrected chi connectivity index (χ2v) is 14.0. The summed E-state index contributed by atoms with van der Waals surface area (Å²) in [6.45, 7) is 0.462. The van der Waals surface area contributed by atoms with E-state index in [2.05, 4.69) is 15.4 Å². The fourth-order valence-corrected chi connectivity index (χ4v) is 7.78. The minimum absolute atomic E-state index is 0.0279. The van der Waals surface area contributed by atoms with Gasteiger partial charge in [0.15, 0.2) is 11.5 Å². The zero-order valence-electron chi connectivity index (χ0n) is 28.7. The molecule has 1 aliphatic carbocycles. The van der Waals surface area contributed by atoms with Crippen molar-refractivity contribution in [3.63, 3.8) is 0 Å². The molecule has 14 nitrogen and oxygen atoms in total. The lowest BCUT2D eigenvalue weighted by Gasteiger charge is -2.39. The average molecular weight is 754 g/mol. The van der Waals surface area contributed by atoms with Crippen molar-refractivity contribution in [2.24, 2.45) is 0 Å². The molecule has 0 bridgehead atoms. The second-order valence-electron chi connectivity index (χ2n) is 13.6. The fraction of sp³-hybridized carbons (Fsp3) is 0.400. The molecule has 3 aliphatic rings. The average Bonchev–Trinajstić information content (AvgIpc) is 3.74. The van der Waals surface area contributed by atoms with Gasteiger partial charge in [0, 0.05) is 56.6 Å². The molecule has 1 spiro atoms. The molecule has 5 heterocycles. The van der Waals surface area contributed by atoms with Crippen LogP contribution in [0, 0.1) is 0 Å². The molecule has 1 aromatic carbocycles. The molecule has 18 heteroatoms. The van der Waals surface area contributed by atoms with Gasteiger partial charge in [-0.1, -0.05) is 23.8 Å². The normalized spacial score (nSPS) is 18.0. The van der Waals surface area contributed by atoms with E-state index >= 15 is 0 Å². The summed E-state index contributed by atoms with van der Waals surface area (Å²) in [6.07, 6.45) is 2.69. The summed E-state index contributed by atoms with van der Waals surface area (Å²) in [6, 6.07) is 4.65. The van der Waals surface area contributed by atoms with Crippen LogP contribution in [0.4, 0.5) is 23.7 Å². The zero-order valence-corrected chi connectivity index (χ0v) is 29.5. The first-order chi connectivity index (χ1) is 25.2. The molecular formula is C35H35ClF3N9O5. The highest BCUT2D eigenvalue weighted by molar-refractivity contribution is 6.33. The minimum atomic E-state index is -4.62. The Kier molecular flexibility index (Phi) is 9.16. The van der Waals surface area contributed by atoms with Crippen LogP contribution in [-0.2, 0) is 29.4 Å². The molecular weight excluding hydrogens is 719 g/mol. The van der Waals surface area contributed by atoms with Crippen molar-refractivity contribution >= 4 is 40.9 Å². The lowest BCUT2D eigenvalue weighted by molar-refractivity contribution is -0.137. The van der Waals surface area contributed by atoms with E-state index in [0.29, 0.717) is 49.9 Å². The maximum atomic E-state index is 14.5. The molecule has 2 aliphatic heterocycles. The van der Waals surface area contributed by atoms with Gasteiger partial charge in [-0.25, -0.2) is 9.78 Å². The summed E-state index contributed by atoms with van der Waals surface area (Å²) < 4.78 is 42.5. The predicted molar refractivity (Wildman–Crippen MR) is 186 cm³/mol. The van der Waals surface area contributed by atoms with Crippen molar-refractivity contribution in [3.05, 3.63) is 92.4 Å². The summed E-state index contributed by atoms with van der Waals surface area (Å²) >= 11 is 6.15. The van der Waals surface area contributed by atoms with Crippen LogP contribution in [0.1, 0.15) is 64.9 Å². The third-order valence-electron chi connectivity index (χ3n) is 10.2. The third-order valence-corrected chi connectivity index (χ3v) is 10.6. The topological polar surface area (TPSA) is 158 Å². The Morgan fingerprint density at radius 2 is 1.87 bits per heavy atom. The summed E-state index contributed by atoms with van der Waals surface area (Å²) in [5, 5.41) is 17.2. The second kappa shape index (κ2) is 13.5. The van der Waals surface area contributed by atoms with Gasteiger partial charge in [0.25, 0.3) is 11.5 Å². The lowest BCUT2D eigenvalue weighted by Crippen LogP contribution is -2.46. The molecule has 3 aromatic heterocycles. The number of likely N-dealkylation sites (tertiary alicyclic amines) is 1. The van der Waals surface area contributed by atoms with Crippen molar-refractivity contribution in [2.75, 3.05) is 39.0 Å². The number of halogens is 4. The predicted octanol–water partition coefficient (Wildman–Crippen LogP) is 4.41. The first-order valence-corrected chi connectivity index (χ1v) is 17.3. The zero-order chi connectivity index (χ0) is 37.8. The number of benzene rings is 1. The number of carbonyl (C=O) groups is 3. The monoisotopic (exact) mass is 753 g/mol. The highest BCUT2D eigenvalue weighted by Gasteiger charge is 2.47. The Morgan fingerprint density at radius 3 is 2.55 bits per heavy atom. The number of piperidine rings is 1. The first kappa shape index (κ1) is 35.9. The van der Waals surface area contributed by atoms with Crippen LogP contribution in [0.5, 0.6) is 5.75 Å². The molecule has 278 valence electrons. The number of alkyl halides is 3. The van der Waals surface area contributed by atoms with Crippen LogP contribution in [-0.4, -0.2) is 95.5 Å². The first-order valence-electron chi connectivity index (χ1n) is 16.9. The van der Waals surface area contributed by atoms with E-state index in [-0.39, 0.29) is 59.4 Å². The Hall–Kier alpha value is -5.45. The molecule has 4 aromatic rings. The third kappa shape index (κ3) is 6.46. The number of nitrogens with zero attached hydrogens (tertiary/aromatic N) is 8. The van der Waals surface area contributed by atoms with Gasteiger partial charge in [-0.05, 0) is 62.4 Å². The van der Waals surface area contributed by atoms with Crippen molar-refractivity contribution in [2.45, 2.75) is 56.3 Å². The van der Waals surface area contributed by atoms with Crippen LogP contribution in [0.15, 0.2) is 53.5 Å². The maximum absolute atomic E-state index is 14.5. The number of fused-ring (bicyclic) bond motifs is 3. The van der Waals surface area contributed by atoms with Crippen LogP contribution in [0.2, 0.25) is 5.02 Å². The van der Waals surface area contributed by atoms with Crippen molar-refractivity contribution < 1.29 is 32.7 Å². The van der Waals surface area contributed by atoms with Crippen LogP contribution in [0.25, 0.3) is 5.78 Å². The minimum Gasteiger partial charge on any atom is -0.505 e. The van der Waals surface area contributed by atoms with E-state index in [0.717, 1.165) is 22.7 Å². The Balaban J connectivity index is 1.27. The van der Waals surface area contributed by atoms with Crippen molar-refractivity contribution in [1.29, 1.82) is 0 Å². The molecule has 1 unspecified atom stereocenters. The molecule has 7 rings (SSSR count). The van der Waals surface area contributed by atoms with Gasteiger partial charge in [-0.3, -0.25) is 14.4 Å². The van der Waals surface area contributed by atoms with Gasteiger partial charge in [0.2, 0.25) is 11.7 Å². The van der Waals surface area contributed by atoms with Crippen LogP contribution < -0.4 is 10.9 Å². The van der Waals surface area contributed by atoms with E-state index in [1.807, 2.05) is 12.2 Å². The van der Waals surface area contributed by atoms with Crippen molar-refractivity contribution in [3.8, 4) is 5.75 Å². The van der Waals surface area contributed by atoms with Gasteiger partial charge >= 0.3 is 12.2 Å². The number of carbonyl (C=O) groups excluding carboxylic acids is 3. The number of rotatable bonds is 5. The SMILES string of the molecule is CN(C)C(=O)N1CC=CCC1c1nc2n(CC(=O)Nc3ccc(C(F)(F)F)cc3Cl)c3c(c(=O)n2n1)C1(CC3)CCN(C(=O)c2ncccc2O)CC1. The van der Waals surface area contributed by atoms with Crippen LogP contribution in [0.3, 0.4) is 0 Å². The number of hydrogen-bond donors (Lipinski definition) is 2. The van der Waals surface area contributed by atoms with E-state index in [1.54, 1.807) is 28.5 Å². The molecule has 0 radical (unpaired) electrons. The quantitative estimate of drug-likeness (QED) is 0.284. The molecule has 2 N–H and O–H groups in total. The molecule has 4 amide bonds. The summed E-state index contributed by atoms with van der Waals surface area (Å²) in [5.41, 5.74) is -1.15. The number of amides is 4. The number of aromatic hydroxyl groups is 1. The van der Waals surface area contributed by atoms with E-state index < -0.39 is 40.6 Å². The standard InChI is InChI=1S/C35H35ClF3N9O5/c1-44(2)33(53)46-15-4-3-6-24(46)29-42-32-47(19-26(50)41-22-9-8-20(18-21(22)36)35(37,38)39)23-10-11-34(27(23)30(51)48(32)43-29)12-16-45(17-13-34)31(52)28-25(49)7-5-14-40-28/h3-5,7-9,14,18,24,49H,6,10-13,15-17,19H2,1-2H3,(H,41,50). The summed E-state index contributed by atoms with van der Waals surface area (Å²) in [5.74, 6) is -1.02. The number of anilines is 1. The van der Waals surface area contributed by atoms with Gasteiger partial charge in [-0.15, -0.1) is 5.10 Å². The highest BCUT2D eigenvalue weighted by Crippen LogP contribution is 2.45. The molecule has 1 atom stereocenters. The van der Waals surface area contributed by atoms with Gasteiger partial charge in [0.05, 0.1) is 22.3 Å². The number of aromatic nitrogens is 5. The van der Waals surface area contributed by atoms with Crippen molar-refractivity contribution in [1.82, 2.24) is 38.8 Å². The lowest BCUT2D eigenvalue weighted by atomic mass is 9.74. The van der Waals surface area contributed by atoms with E-state index in [4.69, 9.17) is 16.6 Å². The van der Waals surface area contributed by atoms with E-state index in [1.165, 1.54) is 23.2 Å². The number of hydrogen-bond acceptors (Lipinski definition) is 8. The fourth-order valence-electron chi connectivity index (χ4n) is 7.55. The summed E-state index contributed by atoms with van der Waals surface area (Å²) in [4.78, 5) is 67.9. The largest absolute Gasteiger partial charge is 0.505 e. The van der Waals surface area contributed by atoms with E-state index in [9.17, 15) is 37.5 Å². The molecule has 53 heavy (non-hydrogen) atoms. The number of urea groups is 1. The molecule has 1 saturated heterocycles. The Labute approximate surface area is 305 Å². The summed E-state index contributed by atoms with van der Waals surface area (Å²) in [7, 11) is 3.25. The Bertz CT molecular complexity index is 2230. The molecule has 1 fully saturated rings. The van der Waals surface area contributed by atoms with Gasteiger partial charge in [-0.2, -0.15) is 22.7 Å². The maximum Gasteiger partial charge on any atom is 0.416 e. The number of pyridine rings is 1. The smallest absolute Gasteiger partial charge is 0.416 e. The van der Waals surface area contributed by atoms with Gasteiger partial charge in [0.1, 0.15) is 12.3 Å². The number of nitrogens with one attached hydrogen (secondary N) is 1. The highest BCUT2D eigenvalue weighted by atomic mass is 35.5. The molecule has 0 saturated carbocycles. The van der Waals surface area contributed by atoms with Crippen LogP contribution >= 0.6 is 11.6 Å².